The van der Waals surface area contributed by atoms with Crippen LogP contribution in [-0.4, -0.2) is 73.0 Å². The van der Waals surface area contributed by atoms with Crippen molar-refractivity contribution < 1.29 is 23.5 Å². The summed E-state index contributed by atoms with van der Waals surface area (Å²) in [7, 11) is 2.01. The highest BCUT2D eigenvalue weighted by atomic mass is 19.1. The maximum atomic E-state index is 15.3. The Morgan fingerprint density at radius 3 is 2.33 bits per heavy atom. The number of alkyl carbamates (subject to hydrolysis) is 1. The molecule has 0 aromatic heterocycles. The number of ether oxygens (including phenoxy) is 1. The Labute approximate surface area is 247 Å². The summed E-state index contributed by atoms with van der Waals surface area (Å²) in [4.78, 5) is 43.0. The number of hydrogen-bond acceptors (Lipinski definition) is 6. The predicted molar refractivity (Wildman–Crippen MR) is 160 cm³/mol. The van der Waals surface area contributed by atoms with Gasteiger partial charge in [0.05, 0.1) is 11.7 Å². The molecular weight excluding hydrogens is 537 g/mol. The Morgan fingerprint density at radius 2 is 1.69 bits per heavy atom. The normalized spacial score (nSPS) is 21.6. The fraction of sp³-hybridized carbons (Fsp3) is 0.531. The van der Waals surface area contributed by atoms with Crippen LogP contribution in [0.25, 0.3) is 0 Å². The monoisotopic (exact) mass is 581 g/mol. The second-order valence-electron chi connectivity index (χ2n) is 11.9. The second kappa shape index (κ2) is 14.6. The van der Waals surface area contributed by atoms with E-state index < -0.39 is 35.8 Å². The van der Waals surface area contributed by atoms with Gasteiger partial charge in [0.15, 0.2) is 0 Å². The van der Waals surface area contributed by atoms with Crippen LogP contribution in [0, 0.1) is 17.7 Å². The van der Waals surface area contributed by atoms with Crippen LogP contribution in [0.15, 0.2) is 48.5 Å². The van der Waals surface area contributed by atoms with Crippen molar-refractivity contribution in [1.29, 1.82) is 0 Å². The number of hydrogen-bond donors (Lipinski definition) is 3. The molecule has 3 atom stereocenters. The van der Waals surface area contributed by atoms with Crippen LogP contribution in [0.4, 0.5) is 14.9 Å². The molecule has 0 radical (unpaired) electrons. The van der Waals surface area contributed by atoms with Gasteiger partial charge in [-0.1, -0.05) is 63.1 Å². The molecule has 228 valence electrons. The van der Waals surface area contributed by atoms with Crippen LogP contribution in [0.5, 0.6) is 0 Å². The fourth-order valence-corrected chi connectivity index (χ4v) is 5.69. The van der Waals surface area contributed by atoms with Crippen LogP contribution in [0.1, 0.15) is 56.6 Å². The van der Waals surface area contributed by atoms with E-state index >= 15 is 4.39 Å². The van der Waals surface area contributed by atoms with Crippen LogP contribution in [0.2, 0.25) is 0 Å². The summed E-state index contributed by atoms with van der Waals surface area (Å²) < 4.78 is 20.7. The van der Waals surface area contributed by atoms with Gasteiger partial charge in [-0.25, -0.2) is 9.18 Å². The number of anilines is 1. The van der Waals surface area contributed by atoms with Gasteiger partial charge in [0, 0.05) is 32.1 Å². The number of benzene rings is 2. The molecule has 10 heteroatoms. The van der Waals surface area contributed by atoms with E-state index in [4.69, 9.17) is 10.5 Å². The van der Waals surface area contributed by atoms with Crippen LogP contribution >= 0.6 is 0 Å². The van der Waals surface area contributed by atoms with Crippen molar-refractivity contribution in [2.45, 2.75) is 64.1 Å². The molecule has 1 aliphatic carbocycles. The maximum Gasteiger partial charge on any atom is 0.408 e. The Morgan fingerprint density at radius 1 is 1.02 bits per heavy atom. The largest absolute Gasteiger partial charge is 0.445 e. The van der Waals surface area contributed by atoms with Gasteiger partial charge >= 0.3 is 6.09 Å². The van der Waals surface area contributed by atoms with Crippen molar-refractivity contribution in [3.05, 3.63) is 65.5 Å². The van der Waals surface area contributed by atoms with E-state index in [0.29, 0.717) is 24.6 Å². The summed E-state index contributed by atoms with van der Waals surface area (Å²) >= 11 is 0. The molecular formula is C32H44FN5O4. The van der Waals surface area contributed by atoms with Crippen molar-refractivity contribution >= 4 is 23.6 Å². The zero-order valence-corrected chi connectivity index (χ0v) is 24.9. The van der Waals surface area contributed by atoms with E-state index in [1.54, 1.807) is 17.9 Å². The van der Waals surface area contributed by atoms with Crippen LogP contribution in [-0.2, 0) is 20.9 Å². The van der Waals surface area contributed by atoms with Gasteiger partial charge in [0.1, 0.15) is 18.5 Å². The van der Waals surface area contributed by atoms with Gasteiger partial charge in [-0.2, -0.15) is 0 Å². The Hall–Kier alpha value is -3.50. The van der Waals surface area contributed by atoms with Crippen molar-refractivity contribution in [3.63, 3.8) is 0 Å². The van der Waals surface area contributed by atoms with Gasteiger partial charge in [-0.05, 0) is 55.0 Å². The summed E-state index contributed by atoms with van der Waals surface area (Å²) in [5.74, 6) is -1.23. The number of carbonyl (C=O) groups excluding carboxylic acids is 3. The van der Waals surface area contributed by atoms with Crippen molar-refractivity contribution in [1.82, 2.24) is 15.1 Å². The van der Waals surface area contributed by atoms with Crippen molar-refractivity contribution in [3.8, 4) is 0 Å². The zero-order chi connectivity index (χ0) is 30.2. The average molecular weight is 582 g/mol. The van der Waals surface area contributed by atoms with Crippen molar-refractivity contribution in [2.24, 2.45) is 17.6 Å². The number of nitrogens with zero attached hydrogens (tertiary/aromatic N) is 2. The summed E-state index contributed by atoms with van der Waals surface area (Å²) in [5.41, 5.74) is 7.73. The van der Waals surface area contributed by atoms with Gasteiger partial charge < -0.3 is 30.9 Å². The molecule has 4 rings (SSSR count). The molecule has 0 spiro atoms. The lowest BCUT2D eigenvalue weighted by Crippen LogP contribution is -2.53. The molecule has 3 amide bonds. The minimum Gasteiger partial charge on any atom is -0.445 e. The molecule has 0 bridgehead atoms. The third-order valence-corrected chi connectivity index (χ3v) is 8.72. The highest BCUT2D eigenvalue weighted by Crippen LogP contribution is 2.31. The molecule has 2 fully saturated rings. The third-order valence-electron chi connectivity index (χ3n) is 8.72. The molecule has 2 aromatic rings. The summed E-state index contributed by atoms with van der Waals surface area (Å²) in [6, 6.07) is 12.1. The first kappa shape index (κ1) is 31.4. The molecule has 1 saturated carbocycles. The maximum absolute atomic E-state index is 15.3. The van der Waals surface area contributed by atoms with E-state index in [2.05, 4.69) is 22.5 Å². The Kier molecular flexibility index (Phi) is 10.9. The average Bonchev–Trinajstić information content (AvgIpc) is 3.00. The Bertz CT molecular complexity index is 1210. The molecule has 1 heterocycles. The molecule has 4 N–H and O–H groups in total. The number of amides is 3. The van der Waals surface area contributed by atoms with Crippen LogP contribution < -0.4 is 16.4 Å². The van der Waals surface area contributed by atoms with Gasteiger partial charge in [0.25, 0.3) is 0 Å². The molecule has 0 unspecified atom stereocenters. The second-order valence-corrected chi connectivity index (χ2v) is 11.9. The molecule has 9 nitrogen and oxygen atoms in total. The van der Waals surface area contributed by atoms with Gasteiger partial charge in [-0.15, -0.1) is 0 Å². The topological polar surface area (TPSA) is 117 Å². The first-order valence-corrected chi connectivity index (χ1v) is 14.9. The first-order valence-electron chi connectivity index (χ1n) is 14.9. The van der Waals surface area contributed by atoms with E-state index in [9.17, 15) is 14.4 Å². The van der Waals surface area contributed by atoms with Gasteiger partial charge in [-0.3, -0.25) is 9.59 Å². The number of nitrogens with two attached hydrogens (primary N) is 1. The quantitative estimate of drug-likeness (QED) is 0.411. The highest BCUT2D eigenvalue weighted by molar-refractivity contribution is 5.97. The standard InChI is InChI=1S/C32H44FN5O4/c1-21-9-11-24(12-10-21)29(36-32(41)42-20-23-7-5-4-6-8-23)30(39)35-27-14-13-25(19-26(27)33)22(2)28(34)31(40)38-17-15-37(3)16-18-38/h4-8,13-14,19,21-22,24,28-29H,9-12,15-18,20,34H2,1-3H3,(H,35,39)(H,36,41)/t21?,22-,24?,28+,29-/m0/s1. The lowest BCUT2D eigenvalue weighted by molar-refractivity contribution is -0.134. The molecule has 2 aromatic carbocycles. The lowest BCUT2D eigenvalue weighted by atomic mass is 9.79. The van der Waals surface area contributed by atoms with Crippen LogP contribution in [0.3, 0.4) is 0 Å². The number of carbonyl (C=O) groups is 3. The summed E-state index contributed by atoms with van der Waals surface area (Å²) in [5, 5.41) is 5.42. The molecule has 42 heavy (non-hydrogen) atoms. The number of piperazine rings is 1. The number of likely N-dealkylation sites (N-methyl/N-ethyl adjacent to an activating group) is 1. The SMILES string of the molecule is CC1CCC([C@H](NC(=O)OCc2ccccc2)C(=O)Nc2ccc([C@H](C)[C@@H](N)C(=O)N3CCN(C)CC3)cc2F)CC1. The summed E-state index contributed by atoms with van der Waals surface area (Å²) in [6.07, 6.45) is 2.75. The molecule has 2 aliphatic rings. The summed E-state index contributed by atoms with van der Waals surface area (Å²) in [6.45, 7) is 6.86. The first-order chi connectivity index (χ1) is 20.1. The lowest BCUT2D eigenvalue weighted by Gasteiger charge is -2.35. The smallest absolute Gasteiger partial charge is 0.408 e. The zero-order valence-electron chi connectivity index (χ0n) is 24.9. The number of halogens is 1. The molecule has 1 saturated heterocycles. The van der Waals surface area contributed by atoms with E-state index in [1.807, 2.05) is 37.4 Å². The van der Waals surface area contributed by atoms with Gasteiger partial charge in [0.2, 0.25) is 11.8 Å². The Balaban J connectivity index is 1.40. The number of rotatable bonds is 9. The van der Waals surface area contributed by atoms with Crippen molar-refractivity contribution in [2.75, 3.05) is 38.5 Å². The minimum atomic E-state index is -0.867. The molecule has 1 aliphatic heterocycles. The van der Waals surface area contributed by atoms with E-state index in [-0.39, 0.29) is 24.1 Å². The fourth-order valence-electron chi connectivity index (χ4n) is 5.69. The predicted octanol–water partition coefficient (Wildman–Crippen LogP) is 4.09. The van der Waals surface area contributed by atoms with E-state index in [1.165, 1.54) is 12.1 Å². The number of nitrogens with one attached hydrogen (secondary N) is 2. The minimum absolute atomic E-state index is 0.00328. The highest BCUT2D eigenvalue weighted by Gasteiger charge is 2.34. The van der Waals surface area contributed by atoms with E-state index in [0.717, 1.165) is 44.3 Å². The third kappa shape index (κ3) is 8.29.